The number of likely N-dealkylation sites (tertiary alicyclic amines) is 1. The van der Waals surface area contributed by atoms with Gasteiger partial charge in [-0.3, -0.25) is 14.4 Å². The van der Waals surface area contributed by atoms with Gasteiger partial charge in [0.05, 0.1) is 12.5 Å². The SMILES string of the molecule is O=C(C1CC(=O)N(C2CC2)C1)N1CCCCO1. The van der Waals surface area contributed by atoms with E-state index in [1.807, 2.05) is 4.90 Å². The van der Waals surface area contributed by atoms with E-state index in [1.165, 1.54) is 5.06 Å². The lowest BCUT2D eigenvalue weighted by atomic mass is 10.1. The topological polar surface area (TPSA) is 49.9 Å². The van der Waals surface area contributed by atoms with Crippen LogP contribution in [0.2, 0.25) is 0 Å². The van der Waals surface area contributed by atoms with Crippen LogP contribution >= 0.6 is 0 Å². The molecule has 1 unspecified atom stereocenters. The van der Waals surface area contributed by atoms with Crippen molar-refractivity contribution in [1.29, 1.82) is 0 Å². The second kappa shape index (κ2) is 4.29. The first-order chi connectivity index (χ1) is 8.25. The van der Waals surface area contributed by atoms with Crippen molar-refractivity contribution in [2.75, 3.05) is 19.7 Å². The van der Waals surface area contributed by atoms with E-state index in [-0.39, 0.29) is 17.7 Å². The van der Waals surface area contributed by atoms with Crippen LogP contribution in [-0.4, -0.2) is 47.5 Å². The second-order valence-corrected chi connectivity index (χ2v) is 5.16. The van der Waals surface area contributed by atoms with Crippen LogP contribution in [0.4, 0.5) is 0 Å². The Bertz CT molecular complexity index is 335. The van der Waals surface area contributed by atoms with Crippen molar-refractivity contribution in [3.8, 4) is 0 Å². The van der Waals surface area contributed by atoms with Gasteiger partial charge >= 0.3 is 0 Å². The van der Waals surface area contributed by atoms with Crippen molar-refractivity contribution in [3.05, 3.63) is 0 Å². The summed E-state index contributed by atoms with van der Waals surface area (Å²) in [6.07, 6.45) is 4.59. The number of carbonyl (C=O) groups excluding carboxylic acids is 2. The molecule has 5 nitrogen and oxygen atoms in total. The summed E-state index contributed by atoms with van der Waals surface area (Å²) < 4.78 is 0. The summed E-state index contributed by atoms with van der Waals surface area (Å²) >= 11 is 0. The Balaban J connectivity index is 1.60. The van der Waals surface area contributed by atoms with E-state index in [0.717, 1.165) is 25.7 Å². The summed E-state index contributed by atoms with van der Waals surface area (Å²) in [6.45, 7) is 1.90. The van der Waals surface area contributed by atoms with Crippen LogP contribution in [0.5, 0.6) is 0 Å². The van der Waals surface area contributed by atoms with Crippen LogP contribution in [-0.2, 0) is 14.4 Å². The van der Waals surface area contributed by atoms with E-state index in [9.17, 15) is 9.59 Å². The van der Waals surface area contributed by atoms with Gasteiger partial charge in [-0.2, -0.15) is 0 Å². The molecule has 1 atom stereocenters. The van der Waals surface area contributed by atoms with Gasteiger partial charge < -0.3 is 4.90 Å². The average molecular weight is 238 g/mol. The first kappa shape index (κ1) is 11.0. The van der Waals surface area contributed by atoms with Crippen LogP contribution in [0.1, 0.15) is 32.1 Å². The van der Waals surface area contributed by atoms with E-state index in [2.05, 4.69) is 0 Å². The number of rotatable bonds is 2. The van der Waals surface area contributed by atoms with Crippen LogP contribution in [0.25, 0.3) is 0 Å². The summed E-state index contributed by atoms with van der Waals surface area (Å²) in [7, 11) is 0. The van der Waals surface area contributed by atoms with Gasteiger partial charge in [0.1, 0.15) is 0 Å². The molecule has 3 rings (SSSR count). The van der Waals surface area contributed by atoms with E-state index >= 15 is 0 Å². The zero-order chi connectivity index (χ0) is 11.8. The summed E-state index contributed by atoms with van der Waals surface area (Å²) in [5, 5.41) is 1.47. The Hall–Kier alpha value is -1.10. The molecule has 0 radical (unpaired) electrons. The van der Waals surface area contributed by atoms with Gasteiger partial charge in [-0.05, 0) is 25.7 Å². The quantitative estimate of drug-likeness (QED) is 0.706. The largest absolute Gasteiger partial charge is 0.339 e. The molecule has 0 spiro atoms. The van der Waals surface area contributed by atoms with Gasteiger partial charge in [0.2, 0.25) is 5.91 Å². The van der Waals surface area contributed by atoms with E-state index in [4.69, 9.17) is 4.84 Å². The molecule has 0 bridgehead atoms. The lowest BCUT2D eigenvalue weighted by Gasteiger charge is -2.28. The number of amides is 2. The number of carbonyl (C=O) groups is 2. The maximum absolute atomic E-state index is 12.2. The molecule has 2 amide bonds. The fourth-order valence-corrected chi connectivity index (χ4v) is 2.61. The summed E-state index contributed by atoms with van der Waals surface area (Å²) in [5.41, 5.74) is 0. The summed E-state index contributed by atoms with van der Waals surface area (Å²) in [5.74, 6) is -0.0368. The zero-order valence-corrected chi connectivity index (χ0v) is 9.93. The Labute approximate surface area is 101 Å². The zero-order valence-electron chi connectivity index (χ0n) is 9.93. The van der Waals surface area contributed by atoms with Gasteiger partial charge in [-0.25, -0.2) is 5.06 Å². The number of hydrogen-bond acceptors (Lipinski definition) is 3. The van der Waals surface area contributed by atoms with Gasteiger partial charge in [0, 0.05) is 25.6 Å². The van der Waals surface area contributed by atoms with Gasteiger partial charge in [0.25, 0.3) is 5.91 Å². The maximum Gasteiger partial charge on any atom is 0.251 e. The van der Waals surface area contributed by atoms with Crippen molar-refractivity contribution in [3.63, 3.8) is 0 Å². The summed E-state index contributed by atoms with van der Waals surface area (Å²) in [4.78, 5) is 31.2. The van der Waals surface area contributed by atoms with Crippen molar-refractivity contribution >= 4 is 11.8 Å². The Morgan fingerprint density at radius 2 is 2.12 bits per heavy atom. The summed E-state index contributed by atoms with van der Waals surface area (Å²) in [6, 6.07) is 0.419. The molecule has 5 heteroatoms. The molecule has 0 aromatic heterocycles. The fraction of sp³-hybridized carbons (Fsp3) is 0.833. The fourth-order valence-electron chi connectivity index (χ4n) is 2.61. The molecule has 0 aromatic rings. The van der Waals surface area contributed by atoms with E-state index < -0.39 is 0 Å². The lowest BCUT2D eigenvalue weighted by molar-refractivity contribution is -0.200. The molecule has 0 N–H and O–H groups in total. The molecule has 0 aromatic carbocycles. The Kier molecular flexibility index (Phi) is 2.78. The third-order valence-electron chi connectivity index (χ3n) is 3.74. The number of nitrogens with zero attached hydrogens (tertiary/aromatic N) is 2. The maximum atomic E-state index is 12.2. The molecule has 3 fully saturated rings. The van der Waals surface area contributed by atoms with E-state index in [0.29, 0.717) is 32.2 Å². The highest BCUT2D eigenvalue weighted by molar-refractivity contribution is 5.89. The number of hydroxylamine groups is 2. The number of hydrogen-bond donors (Lipinski definition) is 0. The molecule has 2 saturated heterocycles. The van der Waals surface area contributed by atoms with Crippen molar-refractivity contribution < 1.29 is 14.4 Å². The van der Waals surface area contributed by atoms with E-state index in [1.54, 1.807) is 0 Å². The molecule has 17 heavy (non-hydrogen) atoms. The minimum Gasteiger partial charge on any atom is -0.339 e. The molecular weight excluding hydrogens is 220 g/mol. The van der Waals surface area contributed by atoms with Crippen molar-refractivity contribution in [2.45, 2.75) is 38.1 Å². The minimum absolute atomic E-state index is 0.00111. The predicted octanol–water partition coefficient (Wildman–Crippen LogP) is 0.551. The van der Waals surface area contributed by atoms with Crippen LogP contribution in [0, 0.1) is 5.92 Å². The molecule has 2 aliphatic heterocycles. The van der Waals surface area contributed by atoms with Gasteiger partial charge in [-0.1, -0.05) is 0 Å². The predicted molar refractivity (Wildman–Crippen MR) is 59.7 cm³/mol. The van der Waals surface area contributed by atoms with Crippen LogP contribution in [0.15, 0.2) is 0 Å². The lowest BCUT2D eigenvalue weighted by Crippen LogP contribution is -2.40. The first-order valence-electron chi connectivity index (χ1n) is 6.49. The highest BCUT2D eigenvalue weighted by Crippen LogP contribution is 2.33. The molecule has 1 aliphatic carbocycles. The van der Waals surface area contributed by atoms with Crippen molar-refractivity contribution in [1.82, 2.24) is 9.96 Å². The molecule has 3 aliphatic rings. The normalized spacial score (nSPS) is 29.9. The molecule has 2 heterocycles. The van der Waals surface area contributed by atoms with Gasteiger partial charge in [0.15, 0.2) is 0 Å². The highest BCUT2D eigenvalue weighted by atomic mass is 16.7. The first-order valence-corrected chi connectivity index (χ1v) is 6.49. The highest BCUT2D eigenvalue weighted by Gasteiger charge is 2.43. The minimum atomic E-state index is -0.179. The van der Waals surface area contributed by atoms with Crippen LogP contribution in [0.3, 0.4) is 0 Å². The van der Waals surface area contributed by atoms with Crippen molar-refractivity contribution in [2.24, 2.45) is 5.92 Å². The van der Waals surface area contributed by atoms with Crippen LogP contribution < -0.4 is 0 Å². The Morgan fingerprint density at radius 3 is 2.76 bits per heavy atom. The smallest absolute Gasteiger partial charge is 0.251 e. The Morgan fingerprint density at radius 1 is 1.29 bits per heavy atom. The third kappa shape index (κ3) is 2.16. The average Bonchev–Trinajstić information content (AvgIpc) is 3.13. The standard InChI is InChI=1S/C12H18N2O3/c15-11-7-9(8-13(11)10-3-4-10)12(16)14-5-1-2-6-17-14/h9-10H,1-8H2. The van der Waals surface area contributed by atoms with Gasteiger partial charge in [-0.15, -0.1) is 0 Å². The molecule has 1 saturated carbocycles. The monoisotopic (exact) mass is 238 g/mol. The molecular formula is C12H18N2O3. The second-order valence-electron chi connectivity index (χ2n) is 5.16. The third-order valence-corrected chi connectivity index (χ3v) is 3.74. The molecule has 94 valence electrons.